The van der Waals surface area contributed by atoms with Crippen molar-refractivity contribution in [2.45, 2.75) is 32.9 Å². The molecule has 0 spiro atoms. The summed E-state index contributed by atoms with van der Waals surface area (Å²) in [6.07, 6.45) is 0.995. The maximum absolute atomic E-state index is 13.3. The van der Waals surface area contributed by atoms with Gasteiger partial charge in [0.25, 0.3) is 0 Å². The van der Waals surface area contributed by atoms with Crippen LogP contribution < -0.4 is 4.90 Å². The second kappa shape index (κ2) is 9.34. The van der Waals surface area contributed by atoms with E-state index < -0.39 is 0 Å². The van der Waals surface area contributed by atoms with Crippen molar-refractivity contribution in [1.82, 2.24) is 25.1 Å². The number of halogens is 1. The van der Waals surface area contributed by atoms with Crippen LogP contribution in [0.25, 0.3) is 0 Å². The molecule has 0 saturated carbocycles. The first-order valence-corrected chi connectivity index (χ1v) is 10.6. The summed E-state index contributed by atoms with van der Waals surface area (Å²) in [4.78, 5) is 4.94. The minimum atomic E-state index is -0.232. The van der Waals surface area contributed by atoms with Crippen molar-refractivity contribution in [2.75, 3.05) is 31.1 Å². The molecule has 1 atom stereocenters. The van der Waals surface area contributed by atoms with Gasteiger partial charge in [0, 0.05) is 31.9 Å². The first kappa shape index (κ1) is 20.5. The van der Waals surface area contributed by atoms with Gasteiger partial charge in [0.05, 0.1) is 12.6 Å². The molecule has 1 aromatic heterocycles. The summed E-state index contributed by atoms with van der Waals surface area (Å²) in [6, 6.07) is 17.3. The molecule has 0 radical (unpaired) electrons. The summed E-state index contributed by atoms with van der Waals surface area (Å²) in [5, 5.41) is 12.6. The van der Waals surface area contributed by atoms with E-state index >= 15 is 0 Å². The van der Waals surface area contributed by atoms with Crippen LogP contribution in [0.2, 0.25) is 0 Å². The lowest BCUT2D eigenvalue weighted by Crippen LogP contribution is -2.48. The number of anilines is 1. The maximum Gasteiger partial charge on any atom is 0.168 e. The van der Waals surface area contributed by atoms with E-state index in [1.54, 1.807) is 12.1 Å². The smallest absolute Gasteiger partial charge is 0.168 e. The van der Waals surface area contributed by atoms with Crippen LogP contribution in [0.5, 0.6) is 0 Å². The van der Waals surface area contributed by atoms with Gasteiger partial charge in [-0.1, -0.05) is 44.2 Å². The van der Waals surface area contributed by atoms with Crippen LogP contribution in [0.3, 0.4) is 0 Å². The van der Waals surface area contributed by atoms with E-state index in [4.69, 9.17) is 0 Å². The number of rotatable bonds is 7. The molecule has 2 heterocycles. The third kappa shape index (κ3) is 4.84. The number of hydrogen-bond donors (Lipinski definition) is 0. The highest BCUT2D eigenvalue weighted by Gasteiger charge is 2.29. The molecule has 1 saturated heterocycles. The van der Waals surface area contributed by atoms with Crippen molar-refractivity contribution in [2.24, 2.45) is 5.92 Å². The van der Waals surface area contributed by atoms with Crippen LogP contribution >= 0.6 is 0 Å². The van der Waals surface area contributed by atoms with Crippen molar-refractivity contribution in [3.8, 4) is 0 Å². The van der Waals surface area contributed by atoms with Gasteiger partial charge in [-0.15, -0.1) is 5.10 Å². The topological polar surface area (TPSA) is 50.1 Å². The monoisotopic (exact) mass is 408 g/mol. The van der Waals surface area contributed by atoms with Crippen LogP contribution in [-0.4, -0.2) is 51.3 Å². The minimum absolute atomic E-state index is 0.165. The predicted molar refractivity (Wildman–Crippen MR) is 116 cm³/mol. The Morgan fingerprint density at radius 2 is 1.63 bits per heavy atom. The molecule has 2 aromatic carbocycles. The molecule has 1 unspecified atom stereocenters. The normalized spacial score (nSPS) is 16.2. The van der Waals surface area contributed by atoms with Gasteiger partial charge in [-0.25, -0.2) is 9.07 Å². The highest BCUT2D eigenvalue weighted by atomic mass is 19.1. The highest BCUT2D eigenvalue weighted by molar-refractivity contribution is 5.46. The Balaban J connectivity index is 1.50. The van der Waals surface area contributed by atoms with Crippen molar-refractivity contribution >= 4 is 5.69 Å². The molecule has 1 aliphatic rings. The predicted octanol–water partition coefficient (Wildman–Crippen LogP) is 3.77. The van der Waals surface area contributed by atoms with Crippen LogP contribution in [0.4, 0.5) is 10.1 Å². The van der Waals surface area contributed by atoms with Crippen molar-refractivity contribution in [3.63, 3.8) is 0 Å². The van der Waals surface area contributed by atoms with Gasteiger partial charge >= 0.3 is 0 Å². The standard InChI is InChI=1S/C23H29FN6/c1-18(2)16-22(29-14-12-28(13-15-29)21-6-4-3-5-7-21)23-25-26-27-30(23)17-19-8-10-20(24)11-9-19/h3-11,18,22H,12-17H2,1-2H3. The Morgan fingerprint density at radius 1 is 0.933 bits per heavy atom. The van der Waals surface area contributed by atoms with Crippen molar-refractivity contribution < 1.29 is 4.39 Å². The van der Waals surface area contributed by atoms with E-state index in [2.05, 4.69) is 69.5 Å². The van der Waals surface area contributed by atoms with E-state index in [1.165, 1.54) is 17.8 Å². The Bertz CT molecular complexity index is 916. The third-order valence-corrected chi connectivity index (χ3v) is 5.67. The lowest BCUT2D eigenvalue weighted by atomic mass is 10.0. The number of piperazine rings is 1. The van der Waals surface area contributed by atoms with E-state index in [9.17, 15) is 4.39 Å². The van der Waals surface area contributed by atoms with Gasteiger partial charge in [-0.3, -0.25) is 4.90 Å². The lowest BCUT2D eigenvalue weighted by molar-refractivity contribution is 0.153. The van der Waals surface area contributed by atoms with Gasteiger partial charge in [-0.05, 0) is 52.6 Å². The largest absolute Gasteiger partial charge is 0.369 e. The van der Waals surface area contributed by atoms with E-state index in [-0.39, 0.29) is 11.9 Å². The number of nitrogens with zero attached hydrogens (tertiary/aromatic N) is 6. The maximum atomic E-state index is 13.3. The number of benzene rings is 2. The van der Waals surface area contributed by atoms with Crippen LogP contribution in [0.15, 0.2) is 54.6 Å². The summed E-state index contributed by atoms with van der Waals surface area (Å²) in [5.41, 5.74) is 2.26. The fraction of sp³-hybridized carbons (Fsp3) is 0.435. The number of hydrogen-bond acceptors (Lipinski definition) is 5. The summed E-state index contributed by atoms with van der Waals surface area (Å²) in [6.45, 7) is 8.92. The second-order valence-electron chi connectivity index (χ2n) is 8.33. The summed E-state index contributed by atoms with van der Waals surface area (Å²) in [7, 11) is 0. The quantitative estimate of drug-likeness (QED) is 0.596. The zero-order valence-corrected chi connectivity index (χ0v) is 17.7. The van der Waals surface area contributed by atoms with Gasteiger partial charge < -0.3 is 4.90 Å². The SMILES string of the molecule is CC(C)CC(c1nnnn1Cc1ccc(F)cc1)N1CCN(c2ccccc2)CC1. The van der Waals surface area contributed by atoms with Crippen LogP contribution in [-0.2, 0) is 6.54 Å². The number of tetrazole rings is 1. The molecule has 6 nitrogen and oxygen atoms in total. The molecule has 0 aliphatic carbocycles. The van der Waals surface area contributed by atoms with Crippen molar-refractivity contribution in [1.29, 1.82) is 0 Å². The Hall–Kier alpha value is -2.80. The molecule has 3 aromatic rings. The Kier molecular flexibility index (Phi) is 6.38. The zero-order valence-electron chi connectivity index (χ0n) is 17.7. The lowest BCUT2D eigenvalue weighted by Gasteiger charge is -2.40. The first-order chi connectivity index (χ1) is 14.6. The van der Waals surface area contributed by atoms with Gasteiger partial charge in [-0.2, -0.15) is 0 Å². The Morgan fingerprint density at radius 3 is 2.30 bits per heavy atom. The van der Waals surface area contributed by atoms with E-state index in [0.717, 1.165) is 44.0 Å². The first-order valence-electron chi connectivity index (χ1n) is 10.6. The fourth-order valence-electron chi connectivity index (χ4n) is 4.12. The summed E-state index contributed by atoms with van der Waals surface area (Å²) in [5.74, 6) is 1.18. The molecule has 0 amide bonds. The number of para-hydroxylation sites is 1. The molecule has 30 heavy (non-hydrogen) atoms. The molecule has 4 rings (SSSR count). The van der Waals surface area contributed by atoms with E-state index in [0.29, 0.717) is 12.5 Å². The highest BCUT2D eigenvalue weighted by Crippen LogP contribution is 2.28. The molecular weight excluding hydrogens is 379 g/mol. The molecule has 0 N–H and O–H groups in total. The molecule has 1 aliphatic heterocycles. The average molecular weight is 409 g/mol. The summed E-state index contributed by atoms with van der Waals surface area (Å²) < 4.78 is 15.1. The van der Waals surface area contributed by atoms with Crippen LogP contribution in [0.1, 0.15) is 37.7 Å². The van der Waals surface area contributed by atoms with Crippen LogP contribution in [0, 0.1) is 11.7 Å². The van der Waals surface area contributed by atoms with Crippen molar-refractivity contribution in [3.05, 3.63) is 71.8 Å². The van der Waals surface area contributed by atoms with Gasteiger partial charge in [0.15, 0.2) is 5.82 Å². The zero-order chi connectivity index (χ0) is 20.9. The minimum Gasteiger partial charge on any atom is -0.369 e. The molecule has 1 fully saturated rings. The molecule has 158 valence electrons. The second-order valence-corrected chi connectivity index (χ2v) is 8.33. The Labute approximate surface area is 177 Å². The van der Waals surface area contributed by atoms with Gasteiger partial charge in [0.1, 0.15) is 5.82 Å². The molecule has 0 bridgehead atoms. The van der Waals surface area contributed by atoms with Gasteiger partial charge in [0.2, 0.25) is 0 Å². The fourth-order valence-corrected chi connectivity index (χ4v) is 4.12. The third-order valence-electron chi connectivity index (χ3n) is 5.67. The molecule has 7 heteroatoms. The molecular formula is C23H29FN6. The number of aromatic nitrogens is 4. The van der Waals surface area contributed by atoms with E-state index in [1.807, 2.05) is 4.68 Å². The average Bonchev–Trinajstić information content (AvgIpc) is 3.22. The summed E-state index contributed by atoms with van der Waals surface area (Å²) >= 11 is 0.